The van der Waals surface area contributed by atoms with Gasteiger partial charge in [0.05, 0.1) is 10.6 Å². The van der Waals surface area contributed by atoms with Crippen molar-refractivity contribution in [1.29, 1.82) is 0 Å². The number of thiazole rings is 1. The van der Waals surface area contributed by atoms with E-state index in [-0.39, 0.29) is 12.2 Å². The quantitative estimate of drug-likeness (QED) is 0.769. The molecule has 5 nitrogen and oxygen atoms in total. The summed E-state index contributed by atoms with van der Waals surface area (Å²) in [6.07, 6.45) is 3.39. The van der Waals surface area contributed by atoms with E-state index in [0.717, 1.165) is 47.9 Å². The lowest BCUT2D eigenvalue weighted by molar-refractivity contribution is -0.00461. The average molecular weight is 282 g/mol. The maximum Gasteiger partial charge on any atom is 0.186 e. The van der Waals surface area contributed by atoms with Crippen molar-refractivity contribution >= 4 is 22.8 Å². The van der Waals surface area contributed by atoms with Gasteiger partial charge in [0.1, 0.15) is 12.2 Å². The molecule has 6 heteroatoms. The predicted octanol–water partition coefficient (Wildman–Crippen LogP) is 1.68. The fraction of sp³-hybridized carbons (Fsp3) is 0.692. The van der Waals surface area contributed by atoms with Gasteiger partial charge in [0.2, 0.25) is 0 Å². The third-order valence-electron chi connectivity index (χ3n) is 3.83. The maximum absolute atomic E-state index is 11.1. The Morgan fingerprint density at radius 2 is 1.89 bits per heavy atom. The molecular weight excluding hydrogens is 264 g/mol. The van der Waals surface area contributed by atoms with Gasteiger partial charge in [0.25, 0.3) is 0 Å². The molecule has 0 aromatic carbocycles. The third kappa shape index (κ3) is 2.40. The summed E-state index contributed by atoms with van der Waals surface area (Å²) in [6, 6.07) is 0. The summed E-state index contributed by atoms with van der Waals surface area (Å²) in [7, 11) is 3.41. The van der Waals surface area contributed by atoms with Gasteiger partial charge in [-0.05, 0) is 12.8 Å². The van der Waals surface area contributed by atoms with Crippen molar-refractivity contribution in [3.63, 3.8) is 0 Å². The molecule has 0 amide bonds. The Kier molecular flexibility index (Phi) is 3.56. The van der Waals surface area contributed by atoms with Crippen LogP contribution >= 0.6 is 11.3 Å². The summed E-state index contributed by atoms with van der Waals surface area (Å²) in [4.78, 5) is 18.7. The van der Waals surface area contributed by atoms with Crippen LogP contribution in [0.4, 0.5) is 5.13 Å². The van der Waals surface area contributed by atoms with Crippen molar-refractivity contribution in [2.45, 2.75) is 31.0 Å². The van der Waals surface area contributed by atoms with Gasteiger partial charge in [0, 0.05) is 33.2 Å². The van der Waals surface area contributed by atoms with Crippen molar-refractivity contribution in [3.8, 4) is 0 Å². The molecule has 2 heterocycles. The number of anilines is 1. The zero-order valence-electron chi connectivity index (χ0n) is 11.2. The average Bonchev–Trinajstić information content (AvgIpc) is 3.05. The zero-order valence-corrected chi connectivity index (χ0v) is 12.0. The Morgan fingerprint density at radius 3 is 2.37 bits per heavy atom. The van der Waals surface area contributed by atoms with E-state index in [1.54, 1.807) is 14.2 Å². The van der Waals surface area contributed by atoms with Crippen LogP contribution in [0.2, 0.25) is 0 Å². The van der Waals surface area contributed by atoms with E-state index in [2.05, 4.69) is 9.88 Å². The normalized spacial score (nSPS) is 26.9. The number of hydrogen-bond acceptors (Lipinski definition) is 6. The van der Waals surface area contributed by atoms with Crippen LogP contribution < -0.4 is 4.90 Å². The highest BCUT2D eigenvalue weighted by Crippen LogP contribution is 2.44. The van der Waals surface area contributed by atoms with Gasteiger partial charge < -0.3 is 14.4 Å². The monoisotopic (exact) mass is 282 g/mol. The fourth-order valence-electron chi connectivity index (χ4n) is 2.55. The first kappa shape index (κ1) is 13.0. The fourth-order valence-corrected chi connectivity index (χ4v) is 3.54. The van der Waals surface area contributed by atoms with Crippen LogP contribution in [0.25, 0.3) is 0 Å². The largest absolute Gasteiger partial charge is 0.377 e. The Hall–Kier alpha value is -0.980. The second-order valence-corrected chi connectivity index (χ2v) is 6.10. The minimum atomic E-state index is 0.0676. The topological polar surface area (TPSA) is 51.7 Å². The molecule has 1 aromatic heterocycles. The minimum absolute atomic E-state index is 0.0676. The smallest absolute Gasteiger partial charge is 0.186 e. The van der Waals surface area contributed by atoms with E-state index in [0.29, 0.717) is 5.92 Å². The molecule has 19 heavy (non-hydrogen) atoms. The highest BCUT2D eigenvalue weighted by molar-refractivity contribution is 7.17. The molecule has 1 aliphatic heterocycles. The zero-order chi connectivity index (χ0) is 13.4. The van der Waals surface area contributed by atoms with Crippen LogP contribution in [0.3, 0.4) is 0 Å². The molecular formula is C13H18N2O3S. The molecule has 2 atom stereocenters. The molecule has 1 aliphatic carbocycles. The van der Waals surface area contributed by atoms with Gasteiger partial charge in [-0.1, -0.05) is 11.3 Å². The van der Waals surface area contributed by atoms with Gasteiger partial charge in [-0.2, -0.15) is 0 Å². The summed E-state index contributed by atoms with van der Waals surface area (Å²) in [5, 5.41) is 0.922. The first-order valence-electron chi connectivity index (χ1n) is 6.53. The van der Waals surface area contributed by atoms with E-state index in [9.17, 15) is 4.79 Å². The molecule has 1 aromatic rings. The lowest BCUT2D eigenvalue weighted by atomic mass is 10.3. The maximum atomic E-state index is 11.1. The number of carbonyl (C=O) groups excluding carboxylic acids is 1. The Morgan fingerprint density at radius 1 is 1.26 bits per heavy atom. The standard InChI is InChI=1S/C13H18N2O3S/c1-17-9-5-15(6-10(9)18-2)13-14-12(8-3-4-8)11(7-16)19-13/h7-10H,3-6H2,1-2H3. The van der Waals surface area contributed by atoms with Crippen LogP contribution in [0.5, 0.6) is 0 Å². The second kappa shape index (κ2) is 5.19. The number of aromatic nitrogens is 1. The Balaban J connectivity index is 1.81. The molecule has 104 valence electrons. The number of hydrogen-bond donors (Lipinski definition) is 0. The SMILES string of the molecule is COC1CN(c2nc(C3CC3)c(C=O)s2)CC1OC. The van der Waals surface area contributed by atoms with Gasteiger partial charge in [-0.25, -0.2) is 4.98 Å². The van der Waals surface area contributed by atoms with Crippen molar-refractivity contribution < 1.29 is 14.3 Å². The summed E-state index contributed by atoms with van der Waals surface area (Å²) < 4.78 is 10.9. The minimum Gasteiger partial charge on any atom is -0.377 e. The van der Waals surface area contributed by atoms with E-state index in [1.807, 2.05) is 0 Å². The number of methoxy groups -OCH3 is 2. The molecule has 2 fully saturated rings. The number of aldehydes is 1. The third-order valence-corrected chi connectivity index (χ3v) is 4.89. The van der Waals surface area contributed by atoms with E-state index in [1.165, 1.54) is 11.3 Å². The summed E-state index contributed by atoms with van der Waals surface area (Å²) in [5.41, 5.74) is 0.991. The van der Waals surface area contributed by atoms with E-state index in [4.69, 9.17) is 9.47 Å². The Labute approximate surface area is 116 Å². The van der Waals surface area contributed by atoms with Crippen molar-refractivity contribution in [2.75, 3.05) is 32.2 Å². The number of ether oxygens (including phenoxy) is 2. The van der Waals surface area contributed by atoms with Crippen LogP contribution in [0, 0.1) is 0 Å². The number of carbonyl (C=O) groups is 1. The highest BCUT2D eigenvalue weighted by atomic mass is 32.1. The summed E-state index contributed by atoms with van der Waals surface area (Å²) in [5.74, 6) is 0.504. The van der Waals surface area contributed by atoms with Crippen molar-refractivity contribution in [1.82, 2.24) is 4.98 Å². The molecule has 1 saturated carbocycles. The van der Waals surface area contributed by atoms with Gasteiger partial charge >= 0.3 is 0 Å². The first-order chi connectivity index (χ1) is 9.26. The lowest BCUT2D eigenvalue weighted by Crippen LogP contribution is -2.27. The van der Waals surface area contributed by atoms with Crippen LogP contribution in [-0.2, 0) is 9.47 Å². The predicted molar refractivity (Wildman–Crippen MR) is 73.3 cm³/mol. The lowest BCUT2D eigenvalue weighted by Gasteiger charge is -2.13. The molecule has 0 radical (unpaired) electrons. The number of rotatable bonds is 5. The molecule has 0 spiro atoms. The Bertz CT molecular complexity index is 460. The second-order valence-electron chi connectivity index (χ2n) is 5.09. The van der Waals surface area contributed by atoms with E-state index >= 15 is 0 Å². The van der Waals surface area contributed by atoms with E-state index < -0.39 is 0 Å². The summed E-state index contributed by atoms with van der Waals surface area (Å²) in [6.45, 7) is 1.54. The molecule has 1 saturated heterocycles. The summed E-state index contributed by atoms with van der Waals surface area (Å²) >= 11 is 1.49. The van der Waals surface area contributed by atoms with Gasteiger partial charge in [0.15, 0.2) is 11.4 Å². The van der Waals surface area contributed by atoms with Crippen molar-refractivity contribution in [3.05, 3.63) is 10.6 Å². The molecule has 2 unspecified atom stereocenters. The first-order valence-corrected chi connectivity index (χ1v) is 7.35. The molecule has 0 bridgehead atoms. The van der Waals surface area contributed by atoms with Crippen molar-refractivity contribution in [2.24, 2.45) is 0 Å². The molecule has 0 N–H and O–H groups in total. The van der Waals surface area contributed by atoms with Gasteiger partial charge in [-0.3, -0.25) is 4.79 Å². The number of nitrogens with zero attached hydrogens (tertiary/aromatic N) is 2. The molecule has 3 rings (SSSR count). The van der Waals surface area contributed by atoms with Crippen LogP contribution in [0.15, 0.2) is 0 Å². The molecule has 2 aliphatic rings. The van der Waals surface area contributed by atoms with Crippen LogP contribution in [-0.4, -0.2) is 50.8 Å². The highest BCUT2D eigenvalue weighted by Gasteiger charge is 2.36. The van der Waals surface area contributed by atoms with Crippen LogP contribution in [0.1, 0.15) is 34.1 Å². The van der Waals surface area contributed by atoms with Gasteiger partial charge in [-0.15, -0.1) is 0 Å².